The molecule has 0 heterocycles. The van der Waals surface area contributed by atoms with E-state index in [9.17, 15) is 13.6 Å². The second kappa shape index (κ2) is 5.36. The second-order valence-corrected chi connectivity index (χ2v) is 4.00. The van der Waals surface area contributed by atoms with Gasteiger partial charge in [-0.15, -0.1) is 0 Å². The molecule has 2 aromatic carbocycles. The van der Waals surface area contributed by atoms with Crippen molar-refractivity contribution in [3.05, 3.63) is 59.2 Å². The Balaban J connectivity index is 2.28. The SMILES string of the molecule is N#Cc1ccc(NC(=O)c2cc(N)ccc2F)c(F)c1. The van der Waals surface area contributed by atoms with Crippen LogP contribution in [0.4, 0.5) is 20.2 Å². The molecule has 0 fully saturated rings. The summed E-state index contributed by atoms with van der Waals surface area (Å²) >= 11 is 0. The number of benzene rings is 2. The first-order valence-electron chi connectivity index (χ1n) is 5.57. The lowest BCUT2D eigenvalue weighted by Crippen LogP contribution is -2.15. The Hall–Kier alpha value is -2.94. The molecule has 0 atom stereocenters. The van der Waals surface area contributed by atoms with E-state index in [1.54, 1.807) is 6.07 Å². The lowest BCUT2D eigenvalue weighted by Gasteiger charge is -2.08. The van der Waals surface area contributed by atoms with Crippen LogP contribution in [0, 0.1) is 23.0 Å². The van der Waals surface area contributed by atoms with Crippen molar-refractivity contribution < 1.29 is 13.6 Å². The van der Waals surface area contributed by atoms with E-state index in [0.29, 0.717) is 0 Å². The molecule has 0 unspecified atom stereocenters. The van der Waals surface area contributed by atoms with E-state index in [4.69, 9.17) is 11.0 Å². The lowest BCUT2D eigenvalue weighted by atomic mass is 10.1. The zero-order chi connectivity index (χ0) is 14.7. The average molecular weight is 273 g/mol. The minimum atomic E-state index is -0.821. The molecule has 0 aliphatic rings. The quantitative estimate of drug-likeness (QED) is 0.825. The summed E-state index contributed by atoms with van der Waals surface area (Å²) in [6.07, 6.45) is 0. The van der Waals surface area contributed by atoms with Crippen LogP contribution in [-0.4, -0.2) is 5.91 Å². The summed E-state index contributed by atoms with van der Waals surface area (Å²) in [5.74, 6) is -2.36. The van der Waals surface area contributed by atoms with E-state index in [0.717, 1.165) is 18.2 Å². The molecule has 4 nitrogen and oxygen atoms in total. The summed E-state index contributed by atoms with van der Waals surface area (Å²) in [4.78, 5) is 11.9. The predicted octanol–water partition coefficient (Wildman–Crippen LogP) is 2.67. The molecule has 0 saturated heterocycles. The highest BCUT2D eigenvalue weighted by molar-refractivity contribution is 6.05. The molecule has 3 N–H and O–H groups in total. The van der Waals surface area contributed by atoms with Gasteiger partial charge in [0.2, 0.25) is 0 Å². The molecule has 0 aliphatic carbocycles. The maximum atomic E-state index is 13.6. The van der Waals surface area contributed by atoms with Gasteiger partial charge in [0, 0.05) is 5.69 Å². The normalized spacial score (nSPS) is 9.85. The van der Waals surface area contributed by atoms with Gasteiger partial charge < -0.3 is 11.1 Å². The monoisotopic (exact) mass is 273 g/mol. The van der Waals surface area contributed by atoms with Crippen LogP contribution >= 0.6 is 0 Å². The molecular weight excluding hydrogens is 264 g/mol. The fourth-order valence-corrected chi connectivity index (χ4v) is 1.59. The Kier molecular flexibility index (Phi) is 3.62. The predicted molar refractivity (Wildman–Crippen MR) is 69.9 cm³/mol. The Morgan fingerprint density at radius 2 is 1.90 bits per heavy atom. The number of nitriles is 1. The number of nitrogens with zero attached hydrogens (tertiary/aromatic N) is 1. The lowest BCUT2D eigenvalue weighted by molar-refractivity contribution is 0.102. The third-order valence-electron chi connectivity index (χ3n) is 2.58. The molecule has 0 aliphatic heterocycles. The molecule has 1 amide bonds. The number of nitrogens with two attached hydrogens (primary N) is 1. The van der Waals surface area contributed by atoms with E-state index >= 15 is 0 Å². The van der Waals surface area contributed by atoms with Crippen LogP contribution in [0.3, 0.4) is 0 Å². The number of carbonyl (C=O) groups is 1. The minimum absolute atomic E-state index is 0.121. The van der Waals surface area contributed by atoms with E-state index in [2.05, 4.69) is 5.32 Å². The van der Waals surface area contributed by atoms with Crippen LogP contribution in [0.5, 0.6) is 0 Å². The zero-order valence-corrected chi connectivity index (χ0v) is 10.2. The molecular formula is C14H9F2N3O. The molecule has 0 saturated carbocycles. The smallest absolute Gasteiger partial charge is 0.258 e. The molecule has 6 heteroatoms. The number of nitrogen functional groups attached to an aromatic ring is 1. The van der Waals surface area contributed by atoms with Gasteiger partial charge in [0.15, 0.2) is 0 Å². The first-order valence-corrected chi connectivity index (χ1v) is 5.57. The zero-order valence-electron chi connectivity index (χ0n) is 10.2. The van der Waals surface area contributed by atoms with Crippen molar-refractivity contribution in [2.24, 2.45) is 0 Å². The number of anilines is 2. The first kappa shape index (κ1) is 13.5. The number of hydrogen-bond acceptors (Lipinski definition) is 3. The molecule has 100 valence electrons. The van der Waals surface area contributed by atoms with Crippen molar-refractivity contribution in [3.63, 3.8) is 0 Å². The summed E-state index contributed by atoms with van der Waals surface area (Å²) in [6.45, 7) is 0. The summed E-state index contributed by atoms with van der Waals surface area (Å²) < 4.78 is 27.1. The van der Waals surface area contributed by atoms with Crippen LogP contribution in [0.1, 0.15) is 15.9 Å². The van der Waals surface area contributed by atoms with Crippen molar-refractivity contribution >= 4 is 17.3 Å². The maximum absolute atomic E-state index is 13.6. The number of halogens is 2. The third kappa shape index (κ3) is 2.72. The Labute approximate surface area is 113 Å². The maximum Gasteiger partial charge on any atom is 0.258 e. The van der Waals surface area contributed by atoms with Crippen LogP contribution in [-0.2, 0) is 0 Å². The van der Waals surface area contributed by atoms with Gasteiger partial charge in [0.05, 0.1) is 22.9 Å². The Morgan fingerprint density at radius 3 is 2.55 bits per heavy atom. The van der Waals surface area contributed by atoms with Gasteiger partial charge in [-0.25, -0.2) is 8.78 Å². The van der Waals surface area contributed by atoms with Gasteiger partial charge in [-0.1, -0.05) is 0 Å². The number of amides is 1. The van der Waals surface area contributed by atoms with Gasteiger partial charge in [-0.2, -0.15) is 5.26 Å². The third-order valence-corrected chi connectivity index (χ3v) is 2.58. The van der Waals surface area contributed by atoms with Crippen LogP contribution in [0.2, 0.25) is 0 Å². The molecule has 2 rings (SSSR count). The first-order chi connectivity index (χ1) is 9.51. The van der Waals surface area contributed by atoms with Gasteiger partial charge in [0.25, 0.3) is 5.91 Å². The molecule has 0 aromatic heterocycles. The van der Waals surface area contributed by atoms with Crippen molar-refractivity contribution in [3.8, 4) is 6.07 Å². The molecule has 0 radical (unpaired) electrons. The van der Waals surface area contributed by atoms with E-state index < -0.39 is 17.5 Å². The fraction of sp³-hybridized carbons (Fsp3) is 0. The van der Waals surface area contributed by atoms with Crippen LogP contribution < -0.4 is 11.1 Å². The van der Waals surface area contributed by atoms with Gasteiger partial charge in [-0.3, -0.25) is 4.79 Å². The van der Waals surface area contributed by atoms with Gasteiger partial charge in [-0.05, 0) is 36.4 Å². The van der Waals surface area contributed by atoms with E-state index in [-0.39, 0.29) is 22.5 Å². The number of carbonyl (C=O) groups excluding carboxylic acids is 1. The summed E-state index contributed by atoms with van der Waals surface area (Å²) in [5, 5.41) is 10.8. The molecule has 0 bridgehead atoms. The fourth-order valence-electron chi connectivity index (χ4n) is 1.59. The highest BCUT2D eigenvalue weighted by Gasteiger charge is 2.14. The number of nitrogens with one attached hydrogen (secondary N) is 1. The van der Waals surface area contributed by atoms with Crippen LogP contribution in [0.15, 0.2) is 36.4 Å². The summed E-state index contributed by atoms with van der Waals surface area (Å²) in [7, 11) is 0. The van der Waals surface area contributed by atoms with Crippen molar-refractivity contribution in [1.82, 2.24) is 0 Å². The Bertz CT molecular complexity index is 723. The molecule has 20 heavy (non-hydrogen) atoms. The highest BCUT2D eigenvalue weighted by atomic mass is 19.1. The summed E-state index contributed by atoms with van der Waals surface area (Å²) in [5.41, 5.74) is 5.38. The van der Waals surface area contributed by atoms with Gasteiger partial charge >= 0.3 is 0 Å². The van der Waals surface area contributed by atoms with E-state index in [1.165, 1.54) is 18.2 Å². The second-order valence-electron chi connectivity index (χ2n) is 4.00. The number of rotatable bonds is 2. The highest BCUT2D eigenvalue weighted by Crippen LogP contribution is 2.18. The number of hydrogen-bond donors (Lipinski definition) is 2. The van der Waals surface area contributed by atoms with Crippen molar-refractivity contribution in [1.29, 1.82) is 5.26 Å². The molecule has 0 spiro atoms. The topological polar surface area (TPSA) is 78.9 Å². The average Bonchev–Trinajstić information content (AvgIpc) is 2.43. The minimum Gasteiger partial charge on any atom is -0.399 e. The van der Waals surface area contributed by atoms with Gasteiger partial charge in [0.1, 0.15) is 11.6 Å². The van der Waals surface area contributed by atoms with Crippen LogP contribution in [0.25, 0.3) is 0 Å². The van der Waals surface area contributed by atoms with Crippen molar-refractivity contribution in [2.45, 2.75) is 0 Å². The summed E-state index contributed by atoms with van der Waals surface area (Å²) in [6, 6.07) is 8.85. The Morgan fingerprint density at radius 1 is 1.15 bits per heavy atom. The molecule has 2 aromatic rings. The largest absolute Gasteiger partial charge is 0.399 e. The van der Waals surface area contributed by atoms with E-state index in [1.807, 2.05) is 0 Å². The van der Waals surface area contributed by atoms with Crippen molar-refractivity contribution in [2.75, 3.05) is 11.1 Å². The standard InChI is InChI=1S/C14H9F2N3O/c15-11-3-2-9(18)6-10(11)14(20)19-13-4-1-8(7-17)5-12(13)16/h1-6H,18H2,(H,19,20).